The average Bonchev–Trinajstić information content (AvgIpc) is 3.44. The van der Waals surface area contributed by atoms with Crippen LogP contribution in [0.3, 0.4) is 0 Å². The molecule has 0 aliphatic carbocycles. The third-order valence-corrected chi connectivity index (χ3v) is 8.40. The highest BCUT2D eigenvalue weighted by atomic mass is 32.1. The summed E-state index contributed by atoms with van der Waals surface area (Å²) in [4.78, 5) is 24.0. The van der Waals surface area contributed by atoms with E-state index in [2.05, 4.69) is 65.6 Å². The Morgan fingerprint density at radius 3 is 1.76 bits per heavy atom. The van der Waals surface area contributed by atoms with Crippen molar-refractivity contribution in [1.29, 1.82) is 0 Å². The Bertz CT molecular complexity index is 2150. The van der Waals surface area contributed by atoms with Crippen LogP contribution in [0.25, 0.3) is 76.5 Å². The first-order chi connectivity index (χ1) is 20.3. The van der Waals surface area contributed by atoms with Gasteiger partial charge in [-0.3, -0.25) is 0 Å². The summed E-state index contributed by atoms with van der Waals surface area (Å²) >= 11 is 1.74. The number of hydrogen-bond donors (Lipinski definition) is 0. The third kappa shape index (κ3) is 4.22. The maximum Gasteiger partial charge on any atom is 0.164 e. The largest absolute Gasteiger partial charge is 0.235 e. The molecule has 192 valence electrons. The zero-order chi connectivity index (χ0) is 27.2. The highest BCUT2D eigenvalue weighted by Gasteiger charge is 2.15. The lowest BCUT2D eigenvalue weighted by Crippen LogP contribution is -2.00. The summed E-state index contributed by atoms with van der Waals surface area (Å²) in [5.74, 6) is 1.94. The zero-order valence-corrected chi connectivity index (χ0v) is 22.6. The number of thiophene rings is 1. The van der Waals surface area contributed by atoms with Crippen molar-refractivity contribution in [3.8, 4) is 45.4 Å². The monoisotopic (exact) mass is 543 g/mol. The molecule has 3 aromatic heterocycles. The lowest BCUT2D eigenvalue weighted by atomic mass is 10.0. The van der Waals surface area contributed by atoms with Gasteiger partial charge in [0, 0.05) is 32.3 Å². The van der Waals surface area contributed by atoms with Crippen LogP contribution in [-0.4, -0.2) is 24.9 Å². The number of aromatic nitrogens is 5. The Morgan fingerprint density at radius 2 is 1.05 bits per heavy atom. The lowest BCUT2D eigenvalue weighted by Gasteiger charge is -2.10. The number of rotatable bonds is 4. The van der Waals surface area contributed by atoms with Crippen molar-refractivity contribution in [2.24, 2.45) is 0 Å². The molecule has 0 radical (unpaired) electrons. The van der Waals surface area contributed by atoms with E-state index in [4.69, 9.17) is 19.9 Å². The molecule has 0 atom stereocenters. The Morgan fingerprint density at radius 1 is 0.463 bits per heavy atom. The van der Waals surface area contributed by atoms with Gasteiger partial charge in [-0.1, -0.05) is 103 Å². The molecule has 8 aromatic rings. The van der Waals surface area contributed by atoms with E-state index in [0.29, 0.717) is 17.5 Å². The van der Waals surface area contributed by atoms with Gasteiger partial charge in [-0.2, -0.15) is 0 Å². The molecule has 0 fully saturated rings. The molecule has 0 aliphatic rings. The van der Waals surface area contributed by atoms with Gasteiger partial charge in [0.1, 0.15) is 6.33 Å². The van der Waals surface area contributed by atoms with Crippen LogP contribution in [0.2, 0.25) is 0 Å². The molecule has 0 bridgehead atoms. The van der Waals surface area contributed by atoms with E-state index in [0.717, 1.165) is 54.3 Å². The van der Waals surface area contributed by atoms with Crippen molar-refractivity contribution in [3.63, 3.8) is 0 Å². The maximum atomic E-state index is 4.91. The lowest BCUT2D eigenvalue weighted by molar-refractivity contribution is 1.07. The second-order valence-corrected chi connectivity index (χ2v) is 10.9. The van der Waals surface area contributed by atoms with Crippen LogP contribution in [0, 0.1) is 0 Å². The van der Waals surface area contributed by atoms with Crippen LogP contribution in [0.5, 0.6) is 0 Å². The topological polar surface area (TPSA) is 64.5 Å². The highest BCUT2D eigenvalue weighted by molar-refractivity contribution is 7.26. The van der Waals surface area contributed by atoms with Gasteiger partial charge in [-0.25, -0.2) is 24.9 Å². The van der Waals surface area contributed by atoms with Crippen molar-refractivity contribution in [2.75, 3.05) is 0 Å². The summed E-state index contributed by atoms with van der Waals surface area (Å²) in [6.07, 6.45) is 1.67. The fourth-order valence-corrected chi connectivity index (χ4v) is 6.37. The number of fused-ring (bicyclic) bond motifs is 4. The summed E-state index contributed by atoms with van der Waals surface area (Å²) in [5, 5.41) is 3.40. The standard InChI is InChI=1S/C35H21N5S/c1-3-9-23(10-4-1)33-38-34(24-11-5-2-6-12-24)40-35(39-33)26-18-16-22-15-17-25(19-27(22)20-26)30-32-31(37-21-36-30)28-13-7-8-14-29(28)41-32/h1-21H. The molecule has 3 heterocycles. The van der Waals surface area contributed by atoms with Gasteiger partial charge in [0.25, 0.3) is 0 Å². The molecular weight excluding hydrogens is 522 g/mol. The maximum absolute atomic E-state index is 4.91. The average molecular weight is 544 g/mol. The minimum absolute atomic E-state index is 0.638. The second-order valence-electron chi connectivity index (χ2n) is 9.81. The second kappa shape index (κ2) is 9.70. The summed E-state index contributed by atoms with van der Waals surface area (Å²) < 4.78 is 2.31. The predicted molar refractivity (Wildman–Crippen MR) is 168 cm³/mol. The zero-order valence-electron chi connectivity index (χ0n) is 21.8. The van der Waals surface area contributed by atoms with Crippen LogP contribution in [0.1, 0.15) is 0 Å². The smallest absolute Gasteiger partial charge is 0.164 e. The quantitative estimate of drug-likeness (QED) is 0.222. The molecule has 0 unspecified atom stereocenters. The van der Waals surface area contributed by atoms with Gasteiger partial charge in [-0.15, -0.1) is 11.3 Å². The molecule has 5 aromatic carbocycles. The van der Waals surface area contributed by atoms with E-state index in [-0.39, 0.29) is 0 Å². The van der Waals surface area contributed by atoms with Crippen LogP contribution < -0.4 is 0 Å². The normalized spacial score (nSPS) is 11.4. The van der Waals surface area contributed by atoms with E-state index < -0.39 is 0 Å². The van der Waals surface area contributed by atoms with E-state index in [1.807, 2.05) is 60.7 Å². The molecule has 0 saturated carbocycles. The van der Waals surface area contributed by atoms with E-state index >= 15 is 0 Å². The van der Waals surface area contributed by atoms with Crippen molar-refractivity contribution in [2.45, 2.75) is 0 Å². The fourth-order valence-electron chi connectivity index (χ4n) is 5.20. The molecule has 0 N–H and O–H groups in total. The Kier molecular flexibility index (Phi) is 5.57. The molecule has 0 saturated heterocycles. The fraction of sp³-hybridized carbons (Fsp3) is 0. The minimum Gasteiger partial charge on any atom is -0.235 e. The number of hydrogen-bond acceptors (Lipinski definition) is 6. The summed E-state index contributed by atoms with van der Waals surface area (Å²) in [6, 6.07) is 41.3. The van der Waals surface area contributed by atoms with Crippen LogP contribution >= 0.6 is 11.3 Å². The predicted octanol–water partition coefficient (Wildman–Crippen LogP) is 8.85. The molecule has 5 nitrogen and oxygen atoms in total. The van der Waals surface area contributed by atoms with Gasteiger partial charge in [-0.05, 0) is 29.0 Å². The molecule has 41 heavy (non-hydrogen) atoms. The first kappa shape index (κ1) is 23.5. The van der Waals surface area contributed by atoms with Crippen molar-refractivity contribution in [3.05, 3.63) is 128 Å². The van der Waals surface area contributed by atoms with E-state index in [1.54, 1.807) is 17.7 Å². The first-order valence-electron chi connectivity index (χ1n) is 13.3. The SMILES string of the molecule is c1ccc(-c2nc(-c3ccccc3)nc(-c3ccc4ccc(-c5ncnc6c5sc5ccccc56)cc4c3)n2)cc1. The van der Waals surface area contributed by atoms with Gasteiger partial charge in [0.05, 0.1) is 15.9 Å². The van der Waals surface area contributed by atoms with Gasteiger partial charge >= 0.3 is 0 Å². The van der Waals surface area contributed by atoms with Crippen molar-refractivity contribution < 1.29 is 0 Å². The Balaban J connectivity index is 1.28. The van der Waals surface area contributed by atoms with E-state index in [1.165, 1.54) is 4.70 Å². The van der Waals surface area contributed by atoms with Gasteiger partial charge < -0.3 is 0 Å². The summed E-state index contributed by atoms with van der Waals surface area (Å²) in [6.45, 7) is 0. The molecule has 6 heteroatoms. The van der Waals surface area contributed by atoms with Gasteiger partial charge in [0.2, 0.25) is 0 Å². The van der Waals surface area contributed by atoms with Crippen LogP contribution in [-0.2, 0) is 0 Å². The van der Waals surface area contributed by atoms with Crippen molar-refractivity contribution in [1.82, 2.24) is 24.9 Å². The summed E-state index contributed by atoms with van der Waals surface area (Å²) in [7, 11) is 0. The molecule has 0 amide bonds. The number of benzene rings is 5. The van der Waals surface area contributed by atoms with Gasteiger partial charge in [0.15, 0.2) is 17.5 Å². The Hall–Kier alpha value is -5.33. The molecule has 0 spiro atoms. The molecular formula is C35H21N5S. The first-order valence-corrected chi connectivity index (χ1v) is 14.2. The van der Waals surface area contributed by atoms with Crippen molar-refractivity contribution >= 4 is 42.4 Å². The number of nitrogens with zero attached hydrogens (tertiary/aromatic N) is 5. The minimum atomic E-state index is 0.638. The van der Waals surface area contributed by atoms with Crippen LogP contribution in [0.15, 0.2) is 128 Å². The highest BCUT2D eigenvalue weighted by Crippen LogP contribution is 2.38. The van der Waals surface area contributed by atoms with E-state index in [9.17, 15) is 0 Å². The Labute approximate surface area is 239 Å². The third-order valence-electron chi connectivity index (χ3n) is 7.23. The summed E-state index contributed by atoms with van der Waals surface area (Å²) in [5.41, 5.74) is 5.83. The molecule has 8 rings (SSSR count). The molecule has 0 aliphatic heterocycles. The van der Waals surface area contributed by atoms with Crippen LogP contribution in [0.4, 0.5) is 0 Å².